The lowest BCUT2D eigenvalue weighted by Gasteiger charge is -2.07. The van der Waals surface area contributed by atoms with E-state index in [1.54, 1.807) is 4.68 Å². The second kappa shape index (κ2) is 4.73. The maximum atomic E-state index is 11.8. The molecule has 4 nitrogen and oxygen atoms in total. The fourth-order valence-corrected chi connectivity index (χ4v) is 2.14. The molecule has 0 saturated heterocycles. The van der Waals surface area contributed by atoms with Crippen molar-refractivity contribution in [3.63, 3.8) is 0 Å². The van der Waals surface area contributed by atoms with E-state index in [-0.39, 0.29) is 5.97 Å². The van der Waals surface area contributed by atoms with Gasteiger partial charge in [-0.2, -0.15) is 5.10 Å². The zero-order valence-corrected chi connectivity index (χ0v) is 10.6. The van der Waals surface area contributed by atoms with Gasteiger partial charge in [-0.05, 0) is 32.6 Å². The Labute approximate surface area is 101 Å². The van der Waals surface area contributed by atoms with Gasteiger partial charge in [0, 0.05) is 7.05 Å². The van der Waals surface area contributed by atoms with E-state index in [1.165, 1.54) is 0 Å². The lowest BCUT2D eigenvalue weighted by atomic mass is 10.1. The molecule has 0 N–H and O–H groups in total. The Morgan fingerprint density at radius 1 is 1.59 bits per heavy atom. The first-order valence-electron chi connectivity index (χ1n) is 5.95. The largest absolute Gasteiger partial charge is 0.423 e. The molecule has 0 unspecified atom stereocenters. The van der Waals surface area contributed by atoms with Gasteiger partial charge in [-0.25, -0.2) is 0 Å². The lowest BCUT2D eigenvalue weighted by Crippen LogP contribution is -2.12. The second-order valence-electron chi connectivity index (χ2n) is 4.57. The van der Waals surface area contributed by atoms with Crippen LogP contribution < -0.4 is 4.74 Å². The van der Waals surface area contributed by atoms with Crippen molar-refractivity contribution in [2.45, 2.75) is 33.1 Å². The summed E-state index contributed by atoms with van der Waals surface area (Å²) in [6.45, 7) is 3.75. The zero-order valence-electron chi connectivity index (χ0n) is 10.6. The van der Waals surface area contributed by atoms with Crippen molar-refractivity contribution in [2.24, 2.45) is 13.0 Å². The van der Waals surface area contributed by atoms with E-state index in [4.69, 9.17) is 4.74 Å². The van der Waals surface area contributed by atoms with Crippen molar-refractivity contribution in [2.75, 3.05) is 0 Å². The summed E-state index contributed by atoms with van der Waals surface area (Å²) < 4.78 is 7.13. The standard InChI is InChI=1S/C13H18N2O2/c1-9-13(10(2)15(3)14-9)17-12(16)8-11-6-4-5-7-11/h4,6,11H,5,7-8H2,1-3H3/t11-/m0/s1. The number of ether oxygens (including phenoxy) is 1. The third-order valence-electron chi connectivity index (χ3n) is 3.20. The highest BCUT2D eigenvalue weighted by Crippen LogP contribution is 2.24. The van der Waals surface area contributed by atoms with Crippen molar-refractivity contribution in [1.82, 2.24) is 9.78 Å². The van der Waals surface area contributed by atoms with Gasteiger partial charge in [0.15, 0.2) is 5.75 Å². The number of rotatable bonds is 3. The van der Waals surface area contributed by atoms with Crippen LogP contribution in [0.4, 0.5) is 0 Å². The summed E-state index contributed by atoms with van der Waals surface area (Å²) >= 11 is 0. The van der Waals surface area contributed by atoms with Crippen molar-refractivity contribution in [3.8, 4) is 5.75 Å². The Balaban J connectivity index is 2.00. The Bertz CT molecular complexity index is 460. The summed E-state index contributed by atoms with van der Waals surface area (Å²) in [7, 11) is 1.85. The highest BCUT2D eigenvalue weighted by atomic mass is 16.5. The smallest absolute Gasteiger partial charge is 0.311 e. The van der Waals surface area contributed by atoms with Crippen LogP contribution in [0.15, 0.2) is 12.2 Å². The van der Waals surface area contributed by atoms with Crippen LogP contribution in [0.1, 0.15) is 30.7 Å². The molecule has 0 bridgehead atoms. The first kappa shape index (κ1) is 11.9. The van der Waals surface area contributed by atoms with E-state index in [1.807, 2.05) is 20.9 Å². The molecule has 17 heavy (non-hydrogen) atoms. The molecule has 0 fully saturated rings. The van der Waals surface area contributed by atoms with Crippen LogP contribution in [-0.4, -0.2) is 15.7 Å². The maximum Gasteiger partial charge on any atom is 0.311 e. The topological polar surface area (TPSA) is 44.1 Å². The number of esters is 1. The number of carbonyl (C=O) groups is 1. The van der Waals surface area contributed by atoms with Gasteiger partial charge in [-0.1, -0.05) is 12.2 Å². The summed E-state index contributed by atoms with van der Waals surface area (Å²) in [4.78, 5) is 11.8. The normalized spacial score (nSPS) is 18.6. The van der Waals surface area contributed by atoms with Crippen LogP contribution in [0.2, 0.25) is 0 Å². The Morgan fingerprint density at radius 3 is 2.88 bits per heavy atom. The van der Waals surface area contributed by atoms with Gasteiger partial charge in [0.05, 0.1) is 12.1 Å². The van der Waals surface area contributed by atoms with E-state index < -0.39 is 0 Å². The molecule has 92 valence electrons. The number of aryl methyl sites for hydroxylation is 2. The van der Waals surface area contributed by atoms with Crippen molar-refractivity contribution < 1.29 is 9.53 Å². The third kappa shape index (κ3) is 2.57. The summed E-state index contributed by atoms with van der Waals surface area (Å²) in [5.74, 6) is 0.792. The molecule has 1 aromatic heterocycles. The summed E-state index contributed by atoms with van der Waals surface area (Å²) in [6.07, 6.45) is 6.82. The minimum atomic E-state index is -0.166. The van der Waals surface area contributed by atoms with E-state index in [0.717, 1.165) is 24.2 Å². The first-order chi connectivity index (χ1) is 8.08. The number of aromatic nitrogens is 2. The highest BCUT2D eigenvalue weighted by Gasteiger charge is 2.19. The third-order valence-corrected chi connectivity index (χ3v) is 3.20. The molecular formula is C13H18N2O2. The molecule has 1 atom stereocenters. The van der Waals surface area contributed by atoms with Gasteiger partial charge in [-0.3, -0.25) is 9.48 Å². The van der Waals surface area contributed by atoms with Crippen molar-refractivity contribution >= 4 is 5.97 Å². The van der Waals surface area contributed by atoms with Gasteiger partial charge in [-0.15, -0.1) is 0 Å². The van der Waals surface area contributed by atoms with Crippen LogP contribution >= 0.6 is 0 Å². The molecule has 0 amide bonds. The van der Waals surface area contributed by atoms with E-state index >= 15 is 0 Å². The fraction of sp³-hybridized carbons (Fsp3) is 0.538. The zero-order chi connectivity index (χ0) is 12.4. The number of hydrogen-bond donors (Lipinski definition) is 0. The summed E-state index contributed by atoms with van der Waals surface area (Å²) in [6, 6.07) is 0. The summed E-state index contributed by atoms with van der Waals surface area (Å²) in [5.41, 5.74) is 1.65. The predicted octanol–water partition coefficient (Wildman–Crippen LogP) is 2.30. The Hall–Kier alpha value is -1.58. The molecule has 0 radical (unpaired) electrons. The van der Waals surface area contributed by atoms with Gasteiger partial charge < -0.3 is 4.74 Å². The SMILES string of the molecule is Cc1nn(C)c(C)c1OC(=O)C[C@H]1C=CCC1. The van der Waals surface area contributed by atoms with Gasteiger partial charge in [0.25, 0.3) is 0 Å². The predicted molar refractivity (Wildman–Crippen MR) is 64.8 cm³/mol. The fourth-order valence-electron chi connectivity index (χ4n) is 2.14. The average Bonchev–Trinajstić information content (AvgIpc) is 2.83. The molecule has 4 heteroatoms. The maximum absolute atomic E-state index is 11.8. The van der Waals surface area contributed by atoms with E-state index in [0.29, 0.717) is 18.1 Å². The molecule has 1 aliphatic carbocycles. The molecule has 2 rings (SSSR count). The quantitative estimate of drug-likeness (QED) is 0.595. The lowest BCUT2D eigenvalue weighted by molar-refractivity contribution is -0.135. The van der Waals surface area contributed by atoms with Crippen LogP contribution in [-0.2, 0) is 11.8 Å². The molecule has 0 spiro atoms. The van der Waals surface area contributed by atoms with Crippen molar-refractivity contribution in [1.29, 1.82) is 0 Å². The molecule has 1 aromatic rings. The van der Waals surface area contributed by atoms with Gasteiger partial charge in [0.1, 0.15) is 5.69 Å². The molecule has 0 aliphatic heterocycles. The summed E-state index contributed by atoms with van der Waals surface area (Å²) in [5, 5.41) is 4.22. The number of nitrogens with zero attached hydrogens (tertiary/aromatic N) is 2. The molecular weight excluding hydrogens is 216 g/mol. The van der Waals surface area contributed by atoms with E-state index in [2.05, 4.69) is 17.3 Å². The van der Waals surface area contributed by atoms with E-state index in [9.17, 15) is 4.79 Å². The molecule has 0 saturated carbocycles. The highest BCUT2D eigenvalue weighted by molar-refractivity contribution is 5.73. The van der Waals surface area contributed by atoms with Gasteiger partial charge in [0.2, 0.25) is 0 Å². The molecule has 0 aromatic carbocycles. The Morgan fingerprint density at radius 2 is 2.35 bits per heavy atom. The van der Waals surface area contributed by atoms with Crippen LogP contribution in [0.5, 0.6) is 5.75 Å². The Kier molecular flexibility index (Phi) is 3.31. The minimum absolute atomic E-state index is 0.166. The minimum Gasteiger partial charge on any atom is -0.423 e. The number of carbonyl (C=O) groups excluding carboxylic acids is 1. The first-order valence-corrected chi connectivity index (χ1v) is 5.95. The average molecular weight is 234 g/mol. The monoisotopic (exact) mass is 234 g/mol. The van der Waals surface area contributed by atoms with Crippen LogP contribution in [0.3, 0.4) is 0 Å². The second-order valence-corrected chi connectivity index (χ2v) is 4.57. The number of allylic oxidation sites excluding steroid dienone is 2. The van der Waals surface area contributed by atoms with Crippen molar-refractivity contribution in [3.05, 3.63) is 23.5 Å². The molecule has 1 heterocycles. The number of hydrogen-bond acceptors (Lipinski definition) is 3. The van der Waals surface area contributed by atoms with Gasteiger partial charge >= 0.3 is 5.97 Å². The van der Waals surface area contributed by atoms with Crippen LogP contribution in [0, 0.1) is 19.8 Å². The molecule has 1 aliphatic rings. The van der Waals surface area contributed by atoms with Crippen LogP contribution in [0.25, 0.3) is 0 Å².